The van der Waals surface area contributed by atoms with Gasteiger partial charge in [0.25, 0.3) is 0 Å². The maximum Gasteiger partial charge on any atom is 0.236 e. The van der Waals surface area contributed by atoms with Crippen LogP contribution in [-0.4, -0.2) is 40.4 Å². The molecule has 0 spiro atoms. The van der Waals surface area contributed by atoms with Gasteiger partial charge < -0.3 is 15.6 Å². The number of amides is 1. The minimum atomic E-state index is 0.0352. The zero-order valence-electron chi connectivity index (χ0n) is 9.57. The first-order valence-electron chi connectivity index (χ1n) is 5.70. The van der Waals surface area contributed by atoms with E-state index in [0.717, 1.165) is 37.4 Å². The molecular formula is C11H18N4O. The first-order valence-corrected chi connectivity index (χ1v) is 5.70. The minimum absolute atomic E-state index is 0.0352. The smallest absolute Gasteiger partial charge is 0.236 e. The average Bonchev–Trinajstić information content (AvgIpc) is 2.75. The topological polar surface area (TPSA) is 75.0 Å². The number of aromatic amines is 1. The van der Waals surface area contributed by atoms with Crippen LogP contribution in [0.1, 0.15) is 30.3 Å². The van der Waals surface area contributed by atoms with E-state index >= 15 is 0 Å². The fourth-order valence-corrected chi connectivity index (χ4v) is 2.20. The molecule has 16 heavy (non-hydrogen) atoms. The number of piperidine rings is 1. The number of H-pyrrole nitrogens is 1. The minimum Gasteiger partial charge on any atom is -0.346 e. The summed E-state index contributed by atoms with van der Waals surface area (Å²) in [5, 5.41) is 0. The first kappa shape index (κ1) is 11.1. The average molecular weight is 222 g/mol. The van der Waals surface area contributed by atoms with Crippen LogP contribution in [0.2, 0.25) is 0 Å². The number of aromatic nitrogens is 2. The number of imidazole rings is 1. The second-order valence-electron chi connectivity index (χ2n) is 4.33. The summed E-state index contributed by atoms with van der Waals surface area (Å²) in [5.74, 6) is 1.36. The molecule has 0 aromatic carbocycles. The Balaban J connectivity index is 2.04. The lowest BCUT2D eigenvalue weighted by Gasteiger charge is -2.31. The molecule has 2 heterocycles. The Morgan fingerprint density at radius 2 is 2.56 bits per heavy atom. The van der Waals surface area contributed by atoms with Gasteiger partial charge in [0.1, 0.15) is 5.82 Å². The molecule has 0 saturated carbocycles. The van der Waals surface area contributed by atoms with Gasteiger partial charge in [-0.2, -0.15) is 0 Å². The number of hydrogen-bond acceptors (Lipinski definition) is 3. The van der Waals surface area contributed by atoms with E-state index in [1.165, 1.54) is 0 Å². The van der Waals surface area contributed by atoms with Gasteiger partial charge in [-0.25, -0.2) is 4.98 Å². The number of nitrogens with zero attached hydrogens (tertiary/aromatic N) is 2. The van der Waals surface area contributed by atoms with Gasteiger partial charge >= 0.3 is 0 Å². The maximum atomic E-state index is 11.5. The highest BCUT2D eigenvalue weighted by molar-refractivity contribution is 5.78. The quantitative estimate of drug-likeness (QED) is 0.759. The molecule has 1 atom stereocenters. The van der Waals surface area contributed by atoms with Gasteiger partial charge in [0, 0.05) is 30.9 Å². The Morgan fingerprint density at radius 3 is 3.19 bits per heavy atom. The second-order valence-corrected chi connectivity index (χ2v) is 4.33. The maximum absolute atomic E-state index is 11.5. The van der Waals surface area contributed by atoms with Crippen molar-refractivity contribution < 1.29 is 4.79 Å². The molecule has 1 aromatic rings. The van der Waals surface area contributed by atoms with Crippen molar-refractivity contribution in [3.63, 3.8) is 0 Å². The first-order chi connectivity index (χ1) is 7.70. The summed E-state index contributed by atoms with van der Waals surface area (Å²) in [6.07, 6.45) is 3.94. The Kier molecular flexibility index (Phi) is 3.24. The number of nitrogens with two attached hydrogens (primary N) is 1. The zero-order valence-corrected chi connectivity index (χ0v) is 9.57. The van der Waals surface area contributed by atoms with Crippen LogP contribution in [0.15, 0.2) is 6.20 Å². The third kappa shape index (κ3) is 2.24. The summed E-state index contributed by atoms with van der Waals surface area (Å²) in [5.41, 5.74) is 6.44. The lowest BCUT2D eigenvalue weighted by atomic mass is 9.97. The highest BCUT2D eigenvalue weighted by Crippen LogP contribution is 2.24. The molecule has 0 unspecified atom stereocenters. The van der Waals surface area contributed by atoms with Crippen LogP contribution in [0.4, 0.5) is 0 Å². The van der Waals surface area contributed by atoms with Gasteiger partial charge in [-0.05, 0) is 19.8 Å². The van der Waals surface area contributed by atoms with E-state index in [4.69, 9.17) is 5.73 Å². The van der Waals surface area contributed by atoms with E-state index in [-0.39, 0.29) is 12.5 Å². The number of hydrogen-bond donors (Lipinski definition) is 2. The van der Waals surface area contributed by atoms with Crippen molar-refractivity contribution in [2.75, 3.05) is 19.6 Å². The van der Waals surface area contributed by atoms with Crippen molar-refractivity contribution in [2.24, 2.45) is 5.73 Å². The SMILES string of the molecule is Cc1cnc([C@H]2CCCN(C(=O)CN)C2)[nH]1. The predicted octanol–water partition coefficient (Wildman–Crippen LogP) is 0.383. The van der Waals surface area contributed by atoms with Crippen LogP contribution in [0.3, 0.4) is 0 Å². The third-order valence-electron chi connectivity index (χ3n) is 3.06. The van der Waals surface area contributed by atoms with Crippen LogP contribution in [0.5, 0.6) is 0 Å². The summed E-state index contributed by atoms with van der Waals surface area (Å²) in [7, 11) is 0. The van der Waals surface area contributed by atoms with Crippen LogP contribution in [0, 0.1) is 6.92 Å². The molecule has 1 aliphatic rings. The highest BCUT2D eigenvalue weighted by Gasteiger charge is 2.25. The Bertz CT molecular complexity index is 374. The fourth-order valence-electron chi connectivity index (χ4n) is 2.20. The molecule has 0 bridgehead atoms. The van der Waals surface area contributed by atoms with Crippen molar-refractivity contribution in [2.45, 2.75) is 25.7 Å². The summed E-state index contributed by atoms with van der Waals surface area (Å²) >= 11 is 0. The van der Waals surface area contributed by atoms with Crippen LogP contribution >= 0.6 is 0 Å². The molecule has 3 N–H and O–H groups in total. The van der Waals surface area contributed by atoms with Crippen LogP contribution < -0.4 is 5.73 Å². The molecule has 2 rings (SSSR count). The zero-order chi connectivity index (χ0) is 11.5. The molecule has 1 amide bonds. The second kappa shape index (κ2) is 4.65. The van der Waals surface area contributed by atoms with Gasteiger partial charge in [-0.1, -0.05) is 0 Å². The molecule has 5 heteroatoms. The standard InChI is InChI=1S/C11H18N4O/c1-8-6-13-11(14-8)9-3-2-4-15(7-9)10(16)5-12/h6,9H,2-5,7,12H2,1H3,(H,13,14)/t9-/m0/s1. The van der Waals surface area contributed by atoms with Crippen LogP contribution in [0.25, 0.3) is 0 Å². The Morgan fingerprint density at radius 1 is 1.75 bits per heavy atom. The van der Waals surface area contributed by atoms with Gasteiger partial charge in [-0.15, -0.1) is 0 Å². The molecule has 88 valence electrons. The third-order valence-corrected chi connectivity index (χ3v) is 3.06. The normalized spacial score (nSPS) is 21.1. The van der Waals surface area contributed by atoms with E-state index in [1.54, 1.807) is 0 Å². The fraction of sp³-hybridized carbons (Fsp3) is 0.636. The van der Waals surface area contributed by atoms with Crippen molar-refractivity contribution >= 4 is 5.91 Å². The molecule has 1 aliphatic heterocycles. The Labute approximate surface area is 95.0 Å². The predicted molar refractivity (Wildman–Crippen MR) is 60.9 cm³/mol. The largest absolute Gasteiger partial charge is 0.346 e. The molecule has 1 fully saturated rings. The number of carbonyl (C=O) groups is 1. The van der Waals surface area contributed by atoms with Crippen molar-refractivity contribution in [1.82, 2.24) is 14.9 Å². The number of rotatable bonds is 2. The van der Waals surface area contributed by atoms with Crippen molar-refractivity contribution in [1.29, 1.82) is 0 Å². The van der Waals surface area contributed by atoms with E-state index in [1.807, 2.05) is 18.0 Å². The van der Waals surface area contributed by atoms with E-state index in [9.17, 15) is 4.79 Å². The summed E-state index contributed by atoms with van der Waals surface area (Å²) in [4.78, 5) is 20.9. The van der Waals surface area contributed by atoms with Gasteiger partial charge in [-0.3, -0.25) is 4.79 Å². The number of nitrogens with one attached hydrogen (secondary N) is 1. The number of likely N-dealkylation sites (tertiary alicyclic amines) is 1. The van der Waals surface area contributed by atoms with E-state index in [2.05, 4.69) is 9.97 Å². The van der Waals surface area contributed by atoms with Gasteiger partial charge in [0.15, 0.2) is 0 Å². The molecular weight excluding hydrogens is 204 g/mol. The molecule has 5 nitrogen and oxygen atoms in total. The monoisotopic (exact) mass is 222 g/mol. The molecule has 0 aliphatic carbocycles. The van der Waals surface area contributed by atoms with E-state index < -0.39 is 0 Å². The molecule has 0 radical (unpaired) electrons. The van der Waals surface area contributed by atoms with Crippen molar-refractivity contribution in [3.05, 3.63) is 17.7 Å². The van der Waals surface area contributed by atoms with Gasteiger partial charge in [0.05, 0.1) is 6.54 Å². The highest BCUT2D eigenvalue weighted by atomic mass is 16.2. The number of carbonyl (C=O) groups excluding carboxylic acids is 1. The molecule has 1 saturated heterocycles. The van der Waals surface area contributed by atoms with Crippen LogP contribution in [-0.2, 0) is 4.79 Å². The summed E-state index contributed by atoms with van der Waals surface area (Å²) in [6, 6.07) is 0. The summed E-state index contributed by atoms with van der Waals surface area (Å²) in [6.45, 7) is 3.65. The number of aryl methyl sites for hydroxylation is 1. The Hall–Kier alpha value is -1.36. The van der Waals surface area contributed by atoms with E-state index in [0.29, 0.717) is 5.92 Å². The lowest BCUT2D eigenvalue weighted by molar-refractivity contribution is -0.130. The van der Waals surface area contributed by atoms with Crippen molar-refractivity contribution in [3.8, 4) is 0 Å². The lowest BCUT2D eigenvalue weighted by Crippen LogP contribution is -2.42. The molecule has 1 aromatic heterocycles. The summed E-state index contributed by atoms with van der Waals surface area (Å²) < 4.78 is 0. The van der Waals surface area contributed by atoms with Gasteiger partial charge in [0.2, 0.25) is 5.91 Å².